The van der Waals surface area contributed by atoms with Gasteiger partial charge in [-0.25, -0.2) is 9.78 Å². The van der Waals surface area contributed by atoms with E-state index in [9.17, 15) is 9.59 Å². The standard InChI is InChI=1S/C21H19ClN2O3S/c1-24(2)19(25)13-28-18-10-6-4-8-16(18)21(26)27-12-15-11-14-7-3-5-9-17(14)23-20(15)22/h3-11H,12-13H2,1-2H3. The van der Waals surface area contributed by atoms with Gasteiger partial charge < -0.3 is 9.64 Å². The van der Waals surface area contributed by atoms with Gasteiger partial charge in [0, 0.05) is 29.9 Å². The zero-order valence-corrected chi connectivity index (χ0v) is 17.1. The molecule has 0 aliphatic rings. The summed E-state index contributed by atoms with van der Waals surface area (Å²) in [6.45, 7) is 0.0190. The zero-order valence-electron chi connectivity index (χ0n) is 15.5. The molecule has 1 heterocycles. The number of hydrogen-bond acceptors (Lipinski definition) is 5. The summed E-state index contributed by atoms with van der Waals surface area (Å²) >= 11 is 7.54. The Kier molecular flexibility index (Phi) is 6.54. The van der Waals surface area contributed by atoms with E-state index in [0.29, 0.717) is 21.2 Å². The topological polar surface area (TPSA) is 59.5 Å². The Morgan fingerprint density at radius 1 is 1.11 bits per heavy atom. The van der Waals surface area contributed by atoms with Crippen LogP contribution < -0.4 is 0 Å². The Bertz CT molecular complexity index is 1020. The zero-order chi connectivity index (χ0) is 20.1. The maximum absolute atomic E-state index is 12.6. The van der Waals surface area contributed by atoms with Crippen LogP contribution in [0.1, 0.15) is 15.9 Å². The van der Waals surface area contributed by atoms with Gasteiger partial charge in [0.2, 0.25) is 5.91 Å². The van der Waals surface area contributed by atoms with Crippen LogP contribution in [0.25, 0.3) is 10.9 Å². The highest BCUT2D eigenvalue weighted by molar-refractivity contribution is 8.00. The van der Waals surface area contributed by atoms with Crippen LogP contribution in [-0.2, 0) is 16.1 Å². The summed E-state index contributed by atoms with van der Waals surface area (Å²) in [4.78, 5) is 31.0. The van der Waals surface area contributed by atoms with Gasteiger partial charge in [-0.1, -0.05) is 41.9 Å². The first-order valence-corrected chi connectivity index (χ1v) is 9.95. The molecule has 0 radical (unpaired) electrons. The number of pyridine rings is 1. The smallest absolute Gasteiger partial charge is 0.339 e. The third-order valence-electron chi connectivity index (χ3n) is 4.07. The Hall–Kier alpha value is -2.57. The van der Waals surface area contributed by atoms with Crippen molar-refractivity contribution in [2.24, 2.45) is 0 Å². The van der Waals surface area contributed by atoms with Crippen molar-refractivity contribution in [1.82, 2.24) is 9.88 Å². The monoisotopic (exact) mass is 414 g/mol. The summed E-state index contributed by atoms with van der Waals surface area (Å²) < 4.78 is 5.47. The summed E-state index contributed by atoms with van der Waals surface area (Å²) in [7, 11) is 3.40. The van der Waals surface area contributed by atoms with Crippen molar-refractivity contribution in [3.63, 3.8) is 0 Å². The first-order chi connectivity index (χ1) is 13.5. The summed E-state index contributed by atoms with van der Waals surface area (Å²) in [6, 6.07) is 16.5. The van der Waals surface area contributed by atoms with E-state index in [1.165, 1.54) is 16.7 Å². The molecule has 3 aromatic rings. The number of nitrogens with zero attached hydrogens (tertiary/aromatic N) is 2. The number of carbonyl (C=O) groups is 2. The number of hydrogen-bond donors (Lipinski definition) is 0. The Morgan fingerprint density at radius 3 is 2.61 bits per heavy atom. The molecule has 0 bridgehead atoms. The molecular weight excluding hydrogens is 396 g/mol. The van der Waals surface area contributed by atoms with E-state index in [1.54, 1.807) is 32.3 Å². The molecule has 1 amide bonds. The van der Waals surface area contributed by atoms with Crippen molar-refractivity contribution < 1.29 is 14.3 Å². The second-order valence-corrected chi connectivity index (χ2v) is 7.66. The van der Waals surface area contributed by atoms with Crippen molar-refractivity contribution in [2.45, 2.75) is 11.5 Å². The molecule has 28 heavy (non-hydrogen) atoms. The van der Waals surface area contributed by atoms with Gasteiger partial charge in [0.1, 0.15) is 11.8 Å². The maximum Gasteiger partial charge on any atom is 0.339 e. The van der Waals surface area contributed by atoms with Crippen molar-refractivity contribution in [2.75, 3.05) is 19.8 Å². The van der Waals surface area contributed by atoms with Gasteiger partial charge in [0.15, 0.2) is 0 Å². The van der Waals surface area contributed by atoms with Crippen LogP contribution in [0.15, 0.2) is 59.5 Å². The fourth-order valence-corrected chi connectivity index (χ4v) is 3.71. The number of amides is 1. The number of para-hydroxylation sites is 1. The molecular formula is C21H19ClN2O3S. The van der Waals surface area contributed by atoms with Crippen LogP contribution in [0.4, 0.5) is 0 Å². The molecule has 0 N–H and O–H groups in total. The highest BCUT2D eigenvalue weighted by Crippen LogP contribution is 2.25. The fraction of sp³-hybridized carbons (Fsp3) is 0.190. The van der Waals surface area contributed by atoms with Crippen LogP contribution in [0.2, 0.25) is 5.15 Å². The number of benzene rings is 2. The second kappa shape index (κ2) is 9.08. The number of thioether (sulfide) groups is 1. The number of fused-ring (bicyclic) bond motifs is 1. The summed E-state index contributed by atoms with van der Waals surface area (Å²) in [5.41, 5.74) is 1.85. The van der Waals surface area contributed by atoms with Crippen LogP contribution in [0.5, 0.6) is 0 Å². The largest absolute Gasteiger partial charge is 0.457 e. The minimum Gasteiger partial charge on any atom is -0.457 e. The van der Waals surface area contributed by atoms with Crippen molar-refractivity contribution in [3.05, 3.63) is 70.9 Å². The molecule has 3 rings (SSSR count). The molecule has 5 nitrogen and oxygen atoms in total. The Morgan fingerprint density at radius 2 is 1.82 bits per heavy atom. The highest BCUT2D eigenvalue weighted by Gasteiger charge is 2.16. The molecule has 0 aliphatic heterocycles. The van der Waals surface area contributed by atoms with Gasteiger partial charge in [0.05, 0.1) is 16.8 Å². The van der Waals surface area contributed by atoms with Crippen LogP contribution in [0, 0.1) is 0 Å². The lowest BCUT2D eigenvalue weighted by atomic mass is 10.1. The lowest BCUT2D eigenvalue weighted by Crippen LogP contribution is -2.23. The van der Waals surface area contributed by atoms with E-state index in [-0.39, 0.29) is 18.3 Å². The number of carbonyl (C=O) groups excluding carboxylic acids is 2. The molecule has 0 unspecified atom stereocenters. The van der Waals surface area contributed by atoms with Crippen LogP contribution in [0.3, 0.4) is 0 Å². The molecule has 0 saturated heterocycles. The molecule has 2 aromatic carbocycles. The number of aromatic nitrogens is 1. The van der Waals surface area contributed by atoms with E-state index in [1.807, 2.05) is 36.4 Å². The molecule has 144 valence electrons. The molecule has 0 saturated carbocycles. The number of rotatable bonds is 6. The maximum atomic E-state index is 12.6. The van der Waals surface area contributed by atoms with Gasteiger partial charge in [-0.15, -0.1) is 11.8 Å². The van der Waals surface area contributed by atoms with E-state index >= 15 is 0 Å². The minimum absolute atomic E-state index is 0.0190. The van der Waals surface area contributed by atoms with Gasteiger partial charge >= 0.3 is 5.97 Å². The third-order valence-corrected chi connectivity index (χ3v) is 5.45. The first-order valence-electron chi connectivity index (χ1n) is 8.59. The quantitative estimate of drug-likeness (QED) is 0.339. The van der Waals surface area contributed by atoms with Crippen molar-refractivity contribution in [1.29, 1.82) is 0 Å². The number of halogens is 1. The van der Waals surface area contributed by atoms with E-state index in [0.717, 1.165) is 10.9 Å². The summed E-state index contributed by atoms with van der Waals surface area (Å²) in [5.74, 6) is -0.246. The number of esters is 1. The molecule has 1 aromatic heterocycles. The third kappa shape index (κ3) is 4.82. The van der Waals surface area contributed by atoms with Crippen molar-refractivity contribution >= 4 is 46.1 Å². The highest BCUT2D eigenvalue weighted by atomic mass is 35.5. The molecule has 0 aliphatic carbocycles. The summed E-state index contributed by atoms with van der Waals surface area (Å²) in [5, 5.41) is 1.24. The number of ether oxygens (including phenoxy) is 1. The first kappa shape index (κ1) is 20.2. The second-order valence-electron chi connectivity index (χ2n) is 6.28. The van der Waals surface area contributed by atoms with E-state index in [4.69, 9.17) is 16.3 Å². The molecule has 0 fully saturated rings. The Balaban J connectivity index is 1.72. The molecule has 0 atom stereocenters. The van der Waals surface area contributed by atoms with E-state index < -0.39 is 5.97 Å². The van der Waals surface area contributed by atoms with Gasteiger partial charge in [-0.2, -0.15) is 0 Å². The van der Waals surface area contributed by atoms with Crippen molar-refractivity contribution in [3.8, 4) is 0 Å². The normalized spacial score (nSPS) is 10.7. The van der Waals surface area contributed by atoms with Gasteiger partial charge in [0.25, 0.3) is 0 Å². The van der Waals surface area contributed by atoms with Gasteiger partial charge in [-0.05, 0) is 24.3 Å². The van der Waals surface area contributed by atoms with Crippen LogP contribution >= 0.6 is 23.4 Å². The molecule has 0 spiro atoms. The fourth-order valence-electron chi connectivity index (χ4n) is 2.49. The summed E-state index contributed by atoms with van der Waals surface area (Å²) in [6.07, 6.45) is 0. The van der Waals surface area contributed by atoms with E-state index in [2.05, 4.69) is 4.98 Å². The lowest BCUT2D eigenvalue weighted by Gasteiger charge is -2.12. The SMILES string of the molecule is CN(C)C(=O)CSc1ccccc1C(=O)OCc1cc2ccccc2nc1Cl. The molecule has 7 heteroatoms. The predicted molar refractivity (Wildman–Crippen MR) is 112 cm³/mol. The average Bonchev–Trinajstić information content (AvgIpc) is 2.70. The lowest BCUT2D eigenvalue weighted by molar-refractivity contribution is -0.125. The minimum atomic E-state index is -0.468. The Labute approximate surface area is 172 Å². The van der Waals surface area contributed by atoms with Gasteiger partial charge in [-0.3, -0.25) is 4.79 Å². The predicted octanol–water partition coefficient (Wildman–Crippen LogP) is 4.43. The average molecular weight is 415 g/mol. The van der Waals surface area contributed by atoms with Crippen LogP contribution in [-0.4, -0.2) is 41.6 Å².